The largest absolute Gasteiger partial charge is 0.349 e. The van der Waals surface area contributed by atoms with Crippen LogP contribution in [0, 0.1) is 0 Å². The van der Waals surface area contributed by atoms with E-state index >= 15 is 0 Å². The Hall–Kier alpha value is -3.87. The first-order valence-electron chi connectivity index (χ1n) is 8.41. The normalized spacial score (nSPS) is 10.5. The number of anilines is 2. The third-order valence-electron chi connectivity index (χ3n) is 3.92. The lowest BCUT2D eigenvalue weighted by atomic mass is 10.2. The number of benzene rings is 1. The molecule has 0 radical (unpaired) electrons. The molecule has 7 nitrogen and oxygen atoms in total. The van der Waals surface area contributed by atoms with E-state index in [9.17, 15) is 4.79 Å². The van der Waals surface area contributed by atoms with E-state index in [2.05, 4.69) is 30.6 Å². The smallest absolute Gasteiger partial charge is 0.274 e. The molecule has 1 amide bonds. The number of hydrogen-bond donors (Lipinski definition) is 2. The van der Waals surface area contributed by atoms with Crippen molar-refractivity contribution in [1.29, 1.82) is 0 Å². The molecule has 0 fully saturated rings. The molecule has 0 saturated carbocycles. The number of nitrogens with one attached hydrogen (secondary N) is 2. The Balaban J connectivity index is 1.50. The molecule has 0 spiro atoms. The molecule has 2 N–H and O–H groups in total. The van der Waals surface area contributed by atoms with Crippen LogP contribution in [-0.4, -0.2) is 25.8 Å². The molecule has 4 aromatic rings. The van der Waals surface area contributed by atoms with Crippen LogP contribution in [0.25, 0.3) is 10.9 Å². The van der Waals surface area contributed by atoms with E-state index in [-0.39, 0.29) is 11.6 Å². The van der Waals surface area contributed by atoms with Crippen molar-refractivity contribution < 1.29 is 4.79 Å². The van der Waals surface area contributed by atoms with Crippen molar-refractivity contribution in [3.8, 4) is 0 Å². The van der Waals surface area contributed by atoms with Gasteiger partial charge in [-0.1, -0.05) is 24.3 Å². The van der Waals surface area contributed by atoms with Gasteiger partial charge in [-0.05, 0) is 30.3 Å². The highest BCUT2D eigenvalue weighted by molar-refractivity contribution is 6.07. The lowest BCUT2D eigenvalue weighted by Gasteiger charge is -2.09. The Morgan fingerprint density at radius 1 is 0.852 bits per heavy atom. The average Bonchev–Trinajstić information content (AvgIpc) is 2.73. The van der Waals surface area contributed by atoms with E-state index < -0.39 is 0 Å². The predicted octanol–water partition coefficient (Wildman–Crippen LogP) is 3.28. The lowest BCUT2D eigenvalue weighted by molar-refractivity contribution is 0.102. The van der Waals surface area contributed by atoms with E-state index in [4.69, 9.17) is 0 Å². The first-order valence-corrected chi connectivity index (χ1v) is 8.41. The zero-order valence-electron chi connectivity index (χ0n) is 14.3. The minimum atomic E-state index is -0.323. The van der Waals surface area contributed by atoms with E-state index in [1.807, 2.05) is 48.5 Å². The lowest BCUT2D eigenvalue weighted by Crippen LogP contribution is -2.15. The molecule has 27 heavy (non-hydrogen) atoms. The minimum absolute atomic E-state index is 0.265. The maximum Gasteiger partial charge on any atom is 0.274 e. The fourth-order valence-corrected chi connectivity index (χ4v) is 2.63. The molecule has 3 aromatic heterocycles. The summed E-state index contributed by atoms with van der Waals surface area (Å²) in [5.74, 6) is 0.0424. The molecule has 3 heterocycles. The van der Waals surface area contributed by atoms with Gasteiger partial charge >= 0.3 is 0 Å². The number of hydrogen-bond acceptors (Lipinski definition) is 6. The summed E-state index contributed by atoms with van der Waals surface area (Å²) in [6.45, 7) is 0.471. The molecule has 0 saturated heterocycles. The molecule has 4 rings (SSSR count). The van der Waals surface area contributed by atoms with Gasteiger partial charge in [-0.15, -0.1) is 0 Å². The minimum Gasteiger partial charge on any atom is -0.349 e. The number of fused-ring (bicyclic) bond motifs is 1. The van der Waals surface area contributed by atoms with Crippen LogP contribution in [0.15, 0.2) is 73.2 Å². The Morgan fingerprint density at radius 3 is 2.63 bits per heavy atom. The SMILES string of the molecule is O=C(Nc1cccc2cccnc12)c1ccnc(NCc2ccccn2)n1. The molecule has 0 unspecified atom stereocenters. The molecular formula is C20H16N6O. The summed E-state index contributed by atoms with van der Waals surface area (Å²) in [6.07, 6.45) is 4.96. The summed E-state index contributed by atoms with van der Waals surface area (Å²) in [7, 11) is 0. The maximum absolute atomic E-state index is 12.6. The molecule has 7 heteroatoms. The monoisotopic (exact) mass is 356 g/mol. The predicted molar refractivity (Wildman–Crippen MR) is 103 cm³/mol. The first kappa shape index (κ1) is 16.6. The van der Waals surface area contributed by atoms with Gasteiger partial charge in [0, 0.05) is 24.0 Å². The number of carbonyl (C=O) groups is 1. The van der Waals surface area contributed by atoms with Gasteiger partial charge in [0.25, 0.3) is 5.91 Å². The highest BCUT2D eigenvalue weighted by Gasteiger charge is 2.11. The van der Waals surface area contributed by atoms with Crippen molar-refractivity contribution in [2.75, 3.05) is 10.6 Å². The highest BCUT2D eigenvalue weighted by Crippen LogP contribution is 2.21. The van der Waals surface area contributed by atoms with Gasteiger partial charge in [0.1, 0.15) is 5.69 Å². The first-order chi connectivity index (χ1) is 13.3. The zero-order chi connectivity index (χ0) is 18.5. The standard InChI is InChI=1S/C20H16N6O/c27-19(25-16-8-3-5-14-6-4-11-22-18(14)16)17-9-12-23-20(26-17)24-13-15-7-1-2-10-21-15/h1-12H,13H2,(H,25,27)(H,23,24,26). The van der Waals surface area contributed by atoms with Crippen molar-refractivity contribution in [3.63, 3.8) is 0 Å². The van der Waals surface area contributed by atoms with Gasteiger partial charge in [0.15, 0.2) is 0 Å². The Morgan fingerprint density at radius 2 is 1.74 bits per heavy atom. The number of rotatable bonds is 5. The third kappa shape index (κ3) is 3.87. The molecule has 0 aliphatic rings. The number of amides is 1. The molecular weight excluding hydrogens is 340 g/mol. The van der Waals surface area contributed by atoms with E-state index in [0.717, 1.165) is 16.6 Å². The van der Waals surface area contributed by atoms with Crippen LogP contribution in [0.2, 0.25) is 0 Å². The summed E-state index contributed by atoms with van der Waals surface area (Å²) >= 11 is 0. The van der Waals surface area contributed by atoms with Crippen LogP contribution in [0.4, 0.5) is 11.6 Å². The molecule has 132 valence electrons. The van der Waals surface area contributed by atoms with Crippen LogP contribution in [0.1, 0.15) is 16.2 Å². The van der Waals surface area contributed by atoms with Crippen molar-refractivity contribution in [1.82, 2.24) is 19.9 Å². The Labute approximate surface area is 155 Å². The van der Waals surface area contributed by atoms with Gasteiger partial charge in [-0.3, -0.25) is 14.8 Å². The second-order valence-corrected chi connectivity index (χ2v) is 5.77. The average molecular weight is 356 g/mol. The summed E-state index contributed by atoms with van der Waals surface area (Å²) in [6, 6.07) is 16.7. The number of para-hydroxylation sites is 1. The van der Waals surface area contributed by atoms with Crippen molar-refractivity contribution >= 4 is 28.4 Å². The van der Waals surface area contributed by atoms with E-state index in [1.54, 1.807) is 24.7 Å². The van der Waals surface area contributed by atoms with Crippen LogP contribution < -0.4 is 10.6 Å². The highest BCUT2D eigenvalue weighted by atomic mass is 16.1. The van der Waals surface area contributed by atoms with Gasteiger partial charge < -0.3 is 10.6 Å². The molecule has 0 bridgehead atoms. The number of carbonyl (C=O) groups excluding carboxylic acids is 1. The molecule has 0 aliphatic heterocycles. The zero-order valence-corrected chi connectivity index (χ0v) is 14.3. The fraction of sp³-hybridized carbons (Fsp3) is 0.0500. The van der Waals surface area contributed by atoms with Crippen LogP contribution in [-0.2, 0) is 6.54 Å². The van der Waals surface area contributed by atoms with Crippen molar-refractivity contribution in [2.24, 2.45) is 0 Å². The van der Waals surface area contributed by atoms with Gasteiger partial charge in [-0.25, -0.2) is 9.97 Å². The Bertz CT molecular complexity index is 1080. The summed E-state index contributed by atoms with van der Waals surface area (Å²) < 4.78 is 0. The second kappa shape index (κ2) is 7.57. The van der Waals surface area contributed by atoms with Gasteiger partial charge in [-0.2, -0.15) is 0 Å². The number of nitrogens with zero attached hydrogens (tertiary/aromatic N) is 4. The molecule has 0 aliphatic carbocycles. The topological polar surface area (TPSA) is 92.7 Å². The Kier molecular flexibility index (Phi) is 4.65. The number of aromatic nitrogens is 4. The maximum atomic E-state index is 12.6. The fourth-order valence-electron chi connectivity index (χ4n) is 2.63. The van der Waals surface area contributed by atoms with Crippen LogP contribution >= 0.6 is 0 Å². The van der Waals surface area contributed by atoms with Crippen LogP contribution in [0.5, 0.6) is 0 Å². The molecule has 1 aromatic carbocycles. The summed E-state index contributed by atoms with van der Waals surface area (Å²) in [5.41, 5.74) is 2.50. The quantitative estimate of drug-likeness (QED) is 0.570. The van der Waals surface area contributed by atoms with Crippen molar-refractivity contribution in [2.45, 2.75) is 6.54 Å². The molecule has 0 atom stereocenters. The number of pyridine rings is 2. The van der Waals surface area contributed by atoms with Gasteiger partial charge in [0.2, 0.25) is 5.95 Å². The second-order valence-electron chi connectivity index (χ2n) is 5.77. The third-order valence-corrected chi connectivity index (χ3v) is 3.92. The van der Waals surface area contributed by atoms with Crippen molar-refractivity contribution in [3.05, 3.63) is 84.6 Å². The van der Waals surface area contributed by atoms with Crippen LogP contribution in [0.3, 0.4) is 0 Å². The summed E-state index contributed by atoms with van der Waals surface area (Å²) in [5, 5.41) is 6.90. The van der Waals surface area contributed by atoms with E-state index in [1.165, 1.54) is 0 Å². The summed E-state index contributed by atoms with van der Waals surface area (Å²) in [4.78, 5) is 29.6. The van der Waals surface area contributed by atoms with Gasteiger partial charge in [0.05, 0.1) is 23.4 Å². The van der Waals surface area contributed by atoms with E-state index in [0.29, 0.717) is 18.2 Å².